The molecule has 8 heteroatoms. The molecule has 0 saturated heterocycles. The number of aromatic nitrogens is 2. The number of benzene rings is 1. The van der Waals surface area contributed by atoms with Crippen LogP contribution in [0.15, 0.2) is 29.1 Å². The van der Waals surface area contributed by atoms with Gasteiger partial charge in [0, 0.05) is 25.5 Å². The Bertz CT molecular complexity index is 764. The Kier molecular flexibility index (Phi) is 4.52. The molecule has 0 aliphatic carbocycles. The lowest BCUT2D eigenvalue weighted by molar-refractivity contribution is 0.575. The van der Waals surface area contributed by atoms with Crippen LogP contribution in [0.5, 0.6) is 0 Å². The maximum atomic E-state index is 12.3. The fraction of sp³-hybridized carbons (Fsp3) is 0.417. The number of fused-ring (bicyclic) bond motifs is 1. The second-order valence-corrected chi connectivity index (χ2v) is 6.64. The summed E-state index contributed by atoms with van der Waals surface area (Å²) in [5.41, 5.74) is 1.40. The quantitative estimate of drug-likeness (QED) is 0.793. The van der Waals surface area contributed by atoms with Crippen LogP contribution in [0.1, 0.15) is 0 Å². The minimum absolute atomic E-state index is 0.174. The fourth-order valence-corrected chi connectivity index (χ4v) is 2.76. The van der Waals surface area contributed by atoms with Gasteiger partial charge in [-0.1, -0.05) is 12.1 Å². The lowest BCUT2D eigenvalue weighted by Gasteiger charge is -2.03. The molecule has 0 aliphatic heterocycles. The maximum Gasteiger partial charge on any atom is 0.329 e. The smallest absolute Gasteiger partial charge is 0.291 e. The Morgan fingerprint density at radius 2 is 1.70 bits per heavy atom. The molecular weight excluding hydrogens is 302 g/mol. The molecule has 2 aromatic rings. The van der Waals surface area contributed by atoms with Crippen molar-refractivity contribution >= 4 is 32.7 Å². The maximum absolute atomic E-state index is 12.3. The van der Waals surface area contributed by atoms with Gasteiger partial charge in [0.15, 0.2) is 0 Å². The summed E-state index contributed by atoms with van der Waals surface area (Å²) < 4.78 is 27.6. The monoisotopic (exact) mass is 317 g/mol. The molecule has 1 aromatic carbocycles. The highest BCUT2D eigenvalue weighted by atomic mass is 35.5. The zero-order valence-corrected chi connectivity index (χ0v) is 12.6. The first-order chi connectivity index (χ1) is 9.44. The van der Waals surface area contributed by atoms with Crippen molar-refractivity contribution in [3.63, 3.8) is 0 Å². The van der Waals surface area contributed by atoms with E-state index in [1.807, 2.05) is 24.3 Å². The number of hydrogen-bond acceptors (Lipinski definition) is 3. The Labute approximate surface area is 122 Å². The molecule has 0 fully saturated rings. The summed E-state index contributed by atoms with van der Waals surface area (Å²) in [4.78, 5) is 12.3. The molecule has 110 valence electrons. The van der Waals surface area contributed by atoms with E-state index in [4.69, 9.17) is 11.6 Å². The van der Waals surface area contributed by atoms with Gasteiger partial charge in [-0.15, -0.1) is 11.6 Å². The molecule has 1 heterocycles. The number of nitrogens with zero attached hydrogens (tertiary/aromatic N) is 2. The number of rotatable bonds is 6. The van der Waals surface area contributed by atoms with Gasteiger partial charge in [0.2, 0.25) is 10.0 Å². The van der Waals surface area contributed by atoms with E-state index in [1.165, 1.54) is 0 Å². The molecular formula is C12H16ClN3O3S. The summed E-state index contributed by atoms with van der Waals surface area (Å²) >= 11 is 5.72. The van der Waals surface area contributed by atoms with Crippen LogP contribution in [0.25, 0.3) is 11.0 Å². The molecule has 6 nitrogen and oxygen atoms in total. The normalized spacial score (nSPS) is 12.1. The van der Waals surface area contributed by atoms with Gasteiger partial charge in [-0.3, -0.25) is 9.13 Å². The minimum atomic E-state index is -3.26. The predicted molar refractivity (Wildman–Crippen MR) is 79.8 cm³/mol. The number of sulfonamides is 1. The highest BCUT2D eigenvalue weighted by Crippen LogP contribution is 2.12. The van der Waals surface area contributed by atoms with Crippen LogP contribution in [-0.4, -0.2) is 36.2 Å². The lowest BCUT2D eigenvalue weighted by atomic mass is 10.3. The van der Waals surface area contributed by atoms with Gasteiger partial charge in [0.05, 0.1) is 17.3 Å². The van der Waals surface area contributed by atoms with Crippen molar-refractivity contribution in [3.8, 4) is 0 Å². The minimum Gasteiger partial charge on any atom is -0.291 e. The molecule has 0 atom stereocenters. The first-order valence-electron chi connectivity index (χ1n) is 6.12. The van der Waals surface area contributed by atoms with E-state index < -0.39 is 10.0 Å². The van der Waals surface area contributed by atoms with E-state index >= 15 is 0 Å². The molecule has 0 unspecified atom stereocenters. The fourth-order valence-electron chi connectivity index (χ4n) is 2.13. The molecule has 0 aliphatic rings. The third kappa shape index (κ3) is 3.23. The number of para-hydroxylation sites is 2. The van der Waals surface area contributed by atoms with Crippen molar-refractivity contribution in [1.82, 2.24) is 13.9 Å². The van der Waals surface area contributed by atoms with E-state index in [2.05, 4.69) is 4.72 Å². The molecule has 1 aromatic heterocycles. The zero-order valence-electron chi connectivity index (χ0n) is 11.0. The number of nitrogens with one attached hydrogen (secondary N) is 1. The molecule has 0 bridgehead atoms. The Morgan fingerprint density at radius 3 is 2.20 bits per heavy atom. The Balaban J connectivity index is 2.37. The van der Waals surface area contributed by atoms with Crippen LogP contribution in [0.3, 0.4) is 0 Å². The highest BCUT2D eigenvalue weighted by Gasteiger charge is 2.12. The second kappa shape index (κ2) is 5.99. The van der Waals surface area contributed by atoms with Crippen molar-refractivity contribution in [2.45, 2.75) is 13.1 Å². The van der Waals surface area contributed by atoms with Crippen LogP contribution in [0.4, 0.5) is 0 Å². The van der Waals surface area contributed by atoms with Gasteiger partial charge in [0.1, 0.15) is 0 Å². The first-order valence-corrected chi connectivity index (χ1v) is 8.55. The first kappa shape index (κ1) is 15.1. The number of hydrogen-bond donors (Lipinski definition) is 1. The van der Waals surface area contributed by atoms with Crippen LogP contribution in [0.2, 0.25) is 0 Å². The van der Waals surface area contributed by atoms with Crippen LogP contribution >= 0.6 is 11.6 Å². The van der Waals surface area contributed by atoms with E-state index in [0.29, 0.717) is 12.4 Å². The van der Waals surface area contributed by atoms with Crippen molar-refractivity contribution in [1.29, 1.82) is 0 Å². The topological polar surface area (TPSA) is 73.1 Å². The molecule has 1 N–H and O–H groups in total. The number of imidazole rings is 1. The van der Waals surface area contributed by atoms with E-state index in [1.54, 1.807) is 9.13 Å². The van der Waals surface area contributed by atoms with Gasteiger partial charge >= 0.3 is 5.69 Å². The van der Waals surface area contributed by atoms with Crippen molar-refractivity contribution in [2.24, 2.45) is 0 Å². The standard InChI is InChI=1S/C12H16ClN3O3S/c1-20(18,19)14-7-9-16-11-5-3-2-4-10(11)15(8-6-13)12(16)17/h2-5,14H,6-9H2,1H3. The molecule has 0 amide bonds. The van der Waals surface area contributed by atoms with Crippen LogP contribution in [-0.2, 0) is 23.1 Å². The van der Waals surface area contributed by atoms with Gasteiger partial charge in [-0.2, -0.15) is 0 Å². The van der Waals surface area contributed by atoms with Crippen molar-refractivity contribution in [2.75, 3.05) is 18.7 Å². The molecule has 0 saturated carbocycles. The molecule has 2 rings (SSSR count). The highest BCUT2D eigenvalue weighted by molar-refractivity contribution is 7.88. The van der Waals surface area contributed by atoms with Gasteiger partial charge in [0.25, 0.3) is 0 Å². The van der Waals surface area contributed by atoms with E-state index in [9.17, 15) is 13.2 Å². The van der Waals surface area contributed by atoms with Crippen LogP contribution < -0.4 is 10.4 Å². The van der Waals surface area contributed by atoms with E-state index in [0.717, 1.165) is 17.3 Å². The Hall–Kier alpha value is -1.31. The SMILES string of the molecule is CS(=O)(=O)NCCn1c(=O)n(CCCl)c2ccccc21. The van der Waals surface area contributed by atoms with Crippen molar-refractivity contribution < 1.29 is 8.42 Å². The zero-order chi connectivity index (χ0) is 14.8. The summed E-state index contributed by atoms with van der Waals surface area (Å²) in [6, 6.07) is 7.38. The summed E-state index contributed by atoms with van der Waals surface area (Å²) in [5, 5.41) is 0. The average molecular weight is 318 g/mol. The largest absolute Gasteiger partial charge is 0.329 e. The van der Waals surface area contributed by atoms with Gasteiger partial charge < -0.3 is 0 Å². The molecule has 0 spiro atoms. The third-order valence-corrected chi connectivity index (χ3v) is 3.83. The van der Waals surface area contributed by atoms with Gasteiger partial charge in [-0.05, 0) is 12.1 Å². The van der Waals surface area contributed by atoms with Crippen LogP contribution in [0, 0.1) is 0 Å². The second-order valence-electron chi connectivity index (χ2n) is 4.43. The summed E-state index contributed by atoms with van der Waals surface area (Å²) in [6.45, 7) is 0.878. The van der Waals surface area contributed by atoms with E-state index in [-0.39, 0.29) is 18.8 Å². The summed E-state index contributed by atoms with van der Waals surface area (Å²) in [6.07, 6.45) is 1.09. The van der Waals surface area contributed by atoms with Gasteiger partial charge in [-0.25, -0.2) is 17.9 Å². The predicted octanol–water partition coefficient (Wildman–Crippen LogP) is 0.591. The summed E-state index contributed by atoms with van der Waals surface area (Å²) in [5.74, 6) is 0.343. The lowest BCUT2D eigenvalue weighted by Crippen LogP contribution is -2.31. The summed E-state index contributed by atoms with van der Waals surface area (Å²) in [7, 11) is -3.26. The number of aryl methyl sites for hydroxylation is 1. The number of halogens is 1. The molecule has 20 heavy (non-hydrogen) atoms. The molecule has 0 radical (unpaired) electrons. The Morgan fingerprint density at radius 1 is 1.15 bits per heavy atom. The average Bonchev–Trinajstić information content (AvgIpc) is 2.64. The van der Waals surface area contributed by atoms with Crippen molar-refractivity contribution in [3.05, 3.63) is 34.7 Å². The third-order valence-electron chi connectivity index (χ3n) is 2.93. The number of alkyl halides is 1.